The Morgan fingerprint density at radius 3 is 2.82 bits per heavy atom. The summed E-state index contributed by atoms with van der Waals surface area (Å²) >= 11 is 6.14. The Morgan fingerprint density at radius 1 is 1.47 bits per heavy atom. The monoisotopic (exact) mass is 253 g/mol. The maximum Gasteiger partial charge on any atom is 0.127 e. The second-order valence-corrected chi connectivity index (χ2v) is 5.75. The lowest BCUT2D eigenvalue weighted by atomic mass is 9.88. The van der Waals surface area contributed by atoms with Gasteiger partial charge in [-0.3, -0.25) is 0 Å². The van der Waals surface area contributed by atoms with Gasteiger partial charge in [0.2, 0.25) is 0 Å². The Hall–Kier alpha value is -0.730. The maximum atomic E-state index is 6.14. The number of nitrogens with one attached hydrogen (secondary N) is 1. The minimum atomic E-state index is -0.127. The molecule has 0 aliphatic carbocycles. The summed E-state index contributed by atoms with van der Waals surface area (Å²) in [4.78, 5) is 0. The summed E-state index contributed by atoms with van der Waals surface area (Å²) in [6.07, 6.45) is 0.966. The largest absolute Gasteiger partial charge is 0.487 e. The highest BCUT2D eigenvalue weighted by Gasteiger charge is 2.34. The van der Waals surface area contributed by atoms with Crippen molar-refractivity contribution >= 4 is 11.6 Å². The molecule has 0 fully saturated rings. The van der Waals surface area contributed by atoms with E-state index in [0.717, 1.165) is 29.3 Å². The van der Waals surface area contributed by atoms with E-state index in [0.29, 0.717) is 6.04 Å². The molecule has 1 heterocycles. The van der Waals surface area contributed by atoms with Crippen molar-refractivity contribution in [2.45, 2.75) is 45.8 Å². The van der Waals surface area contributed by atoms with Crippen LogP contribution in [0.25, 0.3) is 0 Å². The van der Waals surface area contributed by atoms with E-state index in [9.17, 15) is 0 Å². The standard InChI is InChI=1S/C14H20ClNO/c1-5-16-12-8-14(3,4)17-13-9(2)6-10(15)7-11(12)13/h6-7,12,16H,5,8H2,1-4H3. The van der Waals surface area contributed by atoms with Gasteiger partial charge in [-0.05, 0) is 45.0 Å². The first-order chi connectivity index (χ1) is 7.93. The highest BCUT2D eigenvalue weighted by Crippen LogP contribution is 2.42. The summed E-state index contributed by atoms with van der Waals surface area (Å²) in [5.41, 5.74) is 2.18. The molecule has 1 aromatic rings. The molecule has 1 aliphatic rings. The van der Waals surface area contributed by atoms with Crippen molar-refractivity contribution in [3.63, 3.8) is 0 Å². The van der Waals surface area contributed by atoms with E-state index in [1.807, 2.05) is 12.1 Å². The predicted octanol–water partition coefficient (Wildman–Crippen LogP) is 3.86. The zero-order valence-corrected chi connectivity index (χ0v) is 11.7. The number of rotatable bonds is 2. The SMILES string of the molecule is CCNC1CC(C)(C)Oc2c(C)cc(Cl)cc21. The first-order valence-electron chi connectivity index (χ1n) is 6.15. The van der Waals surface area contributed by atoms with Crippen LogP contribution < -0.4 is 10.1 Å². The van der Waals surface area contributed by atoms with Crippen molar-refractivity contribution in [3.05, 3.63) is 28.3 Å². The fraction of sp³-hybridized carbons (Fsp3) is 0.571. The van der Waals surface area contributed by atoms with Crippen LogP contribution in [0.4, 0.5) is 0 Å². The van der Waals surface area contributed by atoms with Gasteiger partial charge in [0.25, 0.3) is 0 Å². The molecular weight excluding hydrogens is 234 g/mol. The van der Waals surface area contributed by atoms with Gasteiger partial charge in [0, 0.05) is 23.0 Å². The van der Waals surface area contributed by atoms with E-state index in [1.165, 1.54) is 5.56 Å². The molecule has 3 heteroatoms. The molecule has 2 rings (SSSR count). The number of fused-ring (bicyclic) bond motifs is 1. The second kappa shape index (κ2) is 4.51. The average molecular weight is 254 g/mol. The molecule has 1 unspecified atom stereocenters. The van der Waals surface area contributed by atoms with E-state index in [2.05, 4.69) is 33.0 Å². The van der Waals surface area contributed by atoms with Gasteiger partial charge in [-0.2, -0.15) is 0 Å². The minimum Gasteiger partial charge on any atom is -0.487 e. The van der Waals surface area contributed by atoms with Crippen LogP contribution in [0, 0.1) is 6.92 Å². The van der Waals surface area contributed by atoms with Crippen LogP contribution in [0.3, 0.4) is 0 Å². The molecule has 0 amide bonds. The van der Waals surface area contributed by atoms with Crippen LogP contribution in [-0.2, 0) is 0 Å². The van der Waals surface area contributed by atoms with E-state index < -0.39 is 0 Å². The number of aryl methyl sites for hydroxylation is 1. The zero-order valence-electron chi connectivity index (χ0n) is 10.9. The highest BCUT2D eigenvalue weighted by atomic mass is 35.5. The summed E-state index contributed by atoms with van der Waals surface area (Å²) in [6.45, 7) is 9.39. The van der Waals surface area contributed by atoms with Crippen molar-refractivity contribution in [3.8, 4) is 5.75 Å². The molecule has 1 aromatic carbocycles. The molecule has 2 nitrogen and oxygen atoms in total. The van der Waals surface area contributed by atoms with Crippen molar-refractivity contribution in [1.82, 2.24) is 5.32 Å². The molecule has 0 radical (unpaired) electrons. The van der Waals surface area contributed by atoms with Gasteiger partial charge in [0.1, 0.15) is 11.4 Å². The molecule has 1 N–H and O–H groups in total. The lowest BCUT2D eigenvalue weighted by molar-refractivity contribution is 0.0655. The first-order valence-corrected chi connectivity index (χ1v) is 6.53. The molecule has 17 heavy (non-hydrogen) atoms. The van der Waals surface area contributed by atoms with Gasteiger partial charge >= 0.3 is 0 Å². The van der Waals surface area contributed by atoms with Gasteiger partial charge in [-0.15, -0.1) is 0 Å². The molecule has 0 spiro atoms. The summed E-state index contributed by atoms with van der Waals surface area (Å²) in [7, 11) is 0. The molecule has 1 atom stereocenters. The quantitative estimate of drug-likeness (QED) is 0.864. The average Bonchev–Trinajstić information content (AvgIpc) is 2.19. The molecule has 0 bridgehead atoms. The molecule has 0 saturated carbocycles. The van der Waals surface area contributed by atoms with E-state index in [1.54, 1.807) is 0 Å². The molecular formula is C14H20ClNO. The molecule has 0 aromatic heterocycles. The Bertz CT molecular complexity index is 428. The Kier molecular flexibility index (Phi) is 3.37. The summed E-state index contributed by atoms with van der Waals surface area (Å²) in [6, 6.07) is 4.31. The van der Waals surface area contributed by atoms with Crippen LogP contribution in [0.5, 0.6) is 5.75 Å². The third-order valence-corrected chi connectivity index (χ3v) is 3.39. The van der Waals surface area contributed by atoms with Crippen molar-refractivity contribution < 1.29 is 4.74 Å². The maximum absolute atomic E-state index is 6.14. The Balaban J connectivity index is 2.48. The van der Waals surface area contributed by atoms with E-state index in [4.69, 9.17) is 16.3 Å². The third kappa shape index (κ3) is 2.58. The molecule has 1 aliphatic heterocycles. The minimum absolute atomic E-state index is 0.127. The number of benzene rings is 1. The second-order valence-electron chi connectivity index (χ2n) is 5.32. The van der Waals surface area contributed by atoms with E-state index in [-0.39, 0.29) is 5.60 Å². The van der Waals surface area contributed by atoms with Gasteiger partial charge in [0.05, 0.1) is 0 Å². The number of halogens is 1. The number of ether oxygens (including phenoxy) is 1. The lowest BCUT2D eigenvalue weighted by Crippen LogP contribution is -2.39. The van der Waals surface area contributed by atoms with E-state index >= 15 is 0 Å². The van der Waals surface area contributed by atoms with Crippen LogP contribution in [0.1, 0.15) is 44.4 Å². The van der Waals surface area contributed by atoms with Crippen LogP contribution >= 0.6 is 11.6 Å². The van der Waals surface area contributed by atoms with Gasteiger partial charge in [0.15, 0.2) is 0 Å². The molecule has 0 saturated heterocycles. The van der Waals surface area contributed by atoms with Crippen molar-refractivity contribution in [2.75, 3.05) is 6.54 Å². The Morgan fingerprint density at radius 2 is 2.18 bits per heavy atom. The first kappa shape index (κ1) is 12.7. The topological polar surface area (TPSA) is 21.3 Å². The number of hydrogen-bond donors (Lipinski definition) is 1. The van der Waals surface area contributed by atoms with Gasteiger partial charge in [-0.25, -0.2) is 0 Å². The fourth-order valence-corrected chi connectivity index (χ4v) is 2.78. The zero-order chi connectivity index (χ0) is 12.6. The summed E-state index contributed by atoms with van der Waals surface area (Å²) < 4.78 is 6.08. The summed E-state index contributed by atoms with van der Waals surface area (Å²) in [5, 5.41) is 4.30. The number of hydrogen-bond acceptors (Lipinski definition) is 2. The summed E-state index contributed by atoms with van der Waals surface area (Å²) in [5.74, 6) is 0.997. The van der Waals surface area contributed by atoms with Crippen LogP contribution in [0.2, 0.25) is 5.02 Å². The predicted molar refractivity (Wildman–Crippen MR) is 71.9 cm³/mol. The van der Waals surface area contributed by atoms with Gasteiger partial charge in [-0.1, -0.05) is 18.5 Å². The molecule has 94 valence electrons. The lowest BCUT2D eigenvalue weighted by Gasteiger charge is -2.38. The smallest absolute Gasteiger partial charge is 0.127 e. The third-order valence-electron chi connectivity index (χ3n) is 3.17. The van der Waals surface area contributed by atoms with Gasteiger partial charge < -0.3 is 10.1 Å². The highest BCUT2D eigenvalue weighted by molar-refractivity contribution is 6.30. The van der Waals surface area contributed by atoms with Crippen LogP contribution in [0.15, 0.2) is 12.1 Å². The van der Waals surface area contributed by atoms with Crippen LogP contribution in [-0.4, -0.2) is 12.1 Å². The van der Waals surface area contributed by atoms with Crippen molar-refractivity contribution in [1.29, 1.82) is 0 Å². The normalized spacial score (nSPS) is 21.8. The van der Waals surface area contributed by atoms with Crippen molar-refractivity contribution in [2.24, 2.45) is 0 Å². The Labute approximate surface area is 108 Å². The fourth-order valence-electron chi connectivity index (χ4n) is 2.50.